The van der Waals surface area contributed by atoms with Gasteiger partial charge < -0.3 is 0 Å². The van der Waals surface area contributed by atoms with Crippen LogP contribution in [-0.4, -0.2) is 0 Å². The Hall–Kier alpha value is -3.82. The second-order valence-electron chi connectivity index (χ2n) is 11.2. The van der Waals surface area contributed by atoms with Crippen molar-refractivity contribution in [2.75, 3.05) is 0 Å². The van der Waals surface area contributed by atoms with Gasteiger partial charge in [-0.15, -0.1) is 0 Å². The molecule has 0 heteroatoms. The summed E-state index contributed by atoms with van der Waals surface area (Å²) < 4.78 is 0. The fourth-order valence-corrected chi connectivity index (χ4v) is 6.07. The van der Waals surface area contributed by atoms with Crippen LogP contribution in [0.15, 0.2) is 84.9 Å². The number of hydrogen-bond acceptors (Lipinski definition) is 0. The minimum absolute atomic E-state index is 1.05. The molecule has 5 aromatic rings. The number of fused-ring (bicyclic) bond motifs is 6. The van der Waals surface area contributed by atoms with E-state index in [1.807, 2.05) is 0 Å². The van der Waals surface area contributed by atoms with E-state index in [1.54, 1.807) is 0 Å². The Morgan fingerprint density at radius 1 is 0.564 bits per heavy atom. The number of rotatable bonds is 9. The second kappa shape index (κ2) is 11.9. The van der Waals surface area contributed by atoms with Gasteiger partial charge in [-0.2, -0.15) is 0 Å². The molecule has 39 heavy (non-hydrogen) atoms. The Bertz CT molecular complexity index is 1700. The van der Waals surface area contributed by atoms with Crippen LogP contribution in [0.2, 0.25) is 0 Å². The summed E-state index contributed by atoms with van der Waals surface area (Å²) in [7, 11) is 0. The summed E-state index contributed by atoms with van der Waals surface area (Å²) in [5.74, 6) is 6.78. The molecular weight excluding hydrogens is 468 g/mol. The van der Waals surface area contributed by atoms with Gasteiger partial charge >= 0.3 is 0 Å². The van der Waals surface area contributed by atoms with Gasteiger partial charge in [0.25, 0.3) is 0 Å². The molecular formula is C39H38. The van der Waals surface area contributed by atoms with Gasteiger partial charge in [0.15, 0.2) is 0 Å². The molecule has 0 unspecified atom stereocenters. The van der Waals surface area contributed by atoms with Gasteiger partial charge in [0, 0.05) is 11.1 Å². The van der Waals surface area contributed by atoms with Crippen molar-refractivity contribution < 1.29 is 0 Å². The third kappa shape index (κ3) is 5.79. The van der Waals surface area contributed by atoms with E-state index in [9.17, 15) is 0 Å². The molecule has 0 radical (unpaired) electrons. The monoisotopic (exact) mass is 506 g/mol. The highest BCUT2D eigenvalue weighted by atomic mass is 14.2. The van der Waals surface area contributed by atoms with Gasteiger partial charge in [-0.3, -0.25) is 0 Å². The van der Waals surface area contributed by atoms with Crippen LogP contribution in [0.4, 0.5) is 0 Å². The van der Waals surface area contributed by atoms with Crippen LogP contribution in [0.1, 0.15) is 86.1 Å². The summed E-state index contributed by atoms with van der Waals surface area (Å²) in [6, 6.07) is 29.3. The zero-order valence-corrected chi connectivity index (χ0v) is 23.2. The molecule has 0 amide bonds. The first-order valence-electron chi connectivity index (χ1n) is 15.0. The molecule has 0 aromatic heterocycles. The predicted molar refractivity (Wildman–Crippen MR) is 170 cm³/mol. The maximum absolute atomic E-state index is 3.40. The fourth-order valence-electron chi connectivity index (χ4n) is 6.07. The van der Waals surface area contributed by atoms with Crippen LogP contribution < -0.4 is 0 Å². The van der Waals surface area contributed by atoms with Crippen LogP contribution in [-0.2, 0) is 12.8 Å². The second-order valence-corrected chi connectivity index (χ2v) is 11.2. The van der Waals surface area contributed by atoms with Gasteiger partial charge in [-0.1, -0.05) is 118 Å². The minimum atomic E-state index is 1.05. The zero-order valence-electron chi connectivity index (χ0n) is 23.2. The molecule has 194 valence electrons. The van der Waals surface area contributed by atoms with E-state index < -0.39 is 0 Å². The average molecular weight is 507 g/mol. The summed E-state index contributed by atoms with van der Waals surface area (Å²) in [4.78, 5) is 0. The molecule has 0 aliphatic heterocycles. The molecule has 0 spiro atoms. The predicted octanol–water partition coefficient (Wildman–Crippen LogP) is 10.8. The summed E-state index contributed by atoms with van der Waals surface area (Å²) in [5.41, 5.74) is 6.40. The number of hydrogen-bond donors (Lipinski definition) is 0. The first kappa shape index (κ1) is 25.5. The number of benzene rings is 5. The molecule has 0 saturated heterocycles. The standard InChI is InChI=1S/C39H38/c1-2-3-4-5-6-7-8-9-11-29-14-16-30(17-15-29)18-19-31-20-21-33-28-39-34(27-35(33)26-31)23-25-37-36-13-10-12-32(36)22-24-38(37)39/h10,13-17,20-28H,2-9,11-12H2,1H3. The lowest BCUT2D eigenvalue weighted by Crippen LogP contribution is -1.87. The molecule has 0 atom stereocenters. The summed E-state index contributed by atoms with van der Waals surface area (Å²) >= 11 is 0. The normalized spacial score (nSPS) is 12.2. The molecule has 0 nitrogen and oxygen atoms in total. The van der Waals surface area contributed by atoms with Gasteiger partial charge in [0.05, 0.1) is 0 Å². The number of allylic oxidation sites excluding steroid dienone is 1. The highest BCUT2D eigenvalue weighted by Crippen LogP contribution is 2.35. The molecule has 0 fully saturated rings. The Morgan fingerprint density at radius 2 is 1.28 bits per heavy atom. The third-order valence-corrected chi connectivity index (χ3v) is 8.35. The van der Waals surface area contributed by atoms with E-state index in [0.29, 0.717) is 0 Å². The highest BCUT2D eigenvalue weighted by molar-refractivity contribution is 6.14. The molecule has 0 saturated carbocycles. The van der Waals surface area contributed by atoms with Gasteiger partial charge in [-0.05, 0) is 105 Å². The van der Waals surface area contributed by atoms with Gasteiger partial charge in [0.2, 0.25) is 0 Å². The van der Waals surface area contributed by atoms with Crippen LogP contribution in [0.25, 0.3) is 38.4 Å². The van der Waals surface area contributed by atoms with Crippen molar-refractivity contribution in [2.45, 2.75) is 71.1 Å². The average Bonchev–Trinajstić information content (AvgIpc) is 3.46. The molecule has 1 aliphatic carbocycles. The zero-order chi connectivity index (χ0) is 26.4. The Balaban J connectivity index is 1.13. The van der Waals surface area contributed by atoms with E-state index in [1.165, 1.54) is 107 Å². The van der Waals surface area contributed by atoms with Gasteiger partial charge in [-0.25, -0.2) is 0 Å². The van der Waals surface area contributed by atoms with Crippen molar-refractivity contribution in [1.82, 2.24) is 0 Å². The van der Waals surface area contributed by atoms with Crippen LogP contribution >= 0.6 is 0 Å². The molecule has 5 aromatic carbocycles. The number of aryl methyl sites for hydroxylation is 1. The Labute approximate surface area is 233 Å². The van der Waals surface area contributed by atoms with Crippen molar-refractivity contribution in [3.05, 3.63) is 113 Å². The highest BCUT2D eigenvalue weighted by Gasteiger charge is 2.11. The van der Waals surface area contributed by atoms with E-state index >= 15 is 0 Å². The third-order valence-electron chi connectivity index (χ3n) is 8.35. The topological polar surface area (TPSA) is 0 Å². The maximum atomic E-state index is 3.40. The minimum Gasteiger partial charge on any atom is -0.0795 e. The van der Waals surface area contributed by atoms with E-state index in [-0.39, 0.29) is 0 Å². The van der Waals surface area contributed by atoms with E-state index in [0.717, 1.165) is 17.5 Å². The van der Waals surface area contributed by atoms with Crippen LogP contribution in [0, 0.1) is 11.8 Å². The molecule has 0 N–H and O–H groups in total. The van der Waals surface area contributed by atoms with E-state index in [4.69, 9.17) is 0 Å². The largest absolute Gasteiger partial charge is 0.0795 e. The lowest BCUT2D eigenvalue weighted by Gasteiger charge is -2.10. The molecule has 0 bridgehead atoms. The van der Waals surface area contributed by atoms with Crippen molar-refractivity contribution in [1.29, 1.82) is 0 Å². The van der Waals surface area contributed by atoms with Crippen molar-refractivity contribution >= 4 is 38.4 Å². The molecule has 6 rings (SSSR count). The summed E-state index contributed by atoms with van der Waals surface area (Å²) in [6.07, 6.45) is 17.7. The first-order valence-corrected chi connectivity index (χ1v) is 15.0. The lowest BCUT2D eigenvalue weighted by molar-refractivity contribution is 0.575. The number of unbranched alkanes of at least 4 members (excludes halogenated alkanes) is 7. The fraction of sp³-hybridized carbons (Fsp3) is 0.282. The Kier molecular flexibility index (Phi) is 7.78. The van der Waals surface area contributed by atoms with E-state index in [2.05, 4.69) is 110 Å². The lowest BCUT2D eigenvalue weighted by atomic mass is 9.94. The van der Waals surface area contributed by atoms with Crippen LogP contribution in [0.3, 0.4) is 0 Å². The first-order chi connectivity index (χ1) is 19.3. The summed E-state index contributed by atoms with van der Waals surface area (Å²) in [6.45, 7) is 2.28. The SMILES string of the molecule is CCCCCCCCCCc1ccc(C#Cc2ccc3cc4c(ccc5c6c(ccc54)CC=C6)cc3c2)cc1. The molecule has 1 aliphatic rings. The smallest absolute Gasteiger partial charge is 0.0255 e. The molecule has 0 heterocycles. The Morgan fingerprint density at radius 3 is 2.13 bits per heavy atom. The van der Waals surface area contributed by atoms with Crippen molar-refractivity contribution in [3.8, 4) is 11.8 Å². The van der Waals surface area contributed by atoms with Gasteiger partial charge in [0.1, 0.15) is 0 Å². The quantitative estimate of drug-likeness (QED) is 0.0807. The van der Waals surface area contributed by atoms with Crippen molar-refractivity contribution in [2.24, 2.45) is 0 Å². The van der Waals surface area contributed by atoms with Crippen molar-refractivity contribution in [3.63, 3.8) is 0 Å². The maximum Gasteiger partial charge on any atom is 0.0255 e. The summed E-state index contributed by atoms with van der Waals surface area (Å²) in [5, 5.41) is 7.83. The van der Waals surface area contributed by atoms with Crippen LogP contribution in [0.5, 0.6) is 0 Å².